The molecule has 0 aromatic carbocycles. The minimum Gasteiger partial charge on any atom is -0.464 e. The molecule has 0 saturated heterocycles. The summed E-state index contributed by atoms with van der Waals surface area (Å²) < 4.78 is 15.7. The summed E-state index contributed by atoms with van der Waals surface area (Å²) in [5, 5.41) is 0. The summed E-state index contributed by atoms with van der Waals surface area (Å²) in [5.74, 6) is -1.03. The first-order valence-electron chi connectivity index (χ1n) is 5.13. The van der Waals surface area contributed by atoms with E-state index >= 15 is 0 Å². The van der Waals surface area contributed by atoms with Crippen LogP contribution in [0.4, 0.5) is 5.69 Å². The molecular formula is C11H14N2O4. The summed E-state index contributed by atoms with van der Waals surface area (Å²) in [6.07, 6.45) is 1.40. The van der Waals surface area contributed by atoms with Crippen LogP contribution in [0.25, 0.3) is 0 Å². The Morgan fingerprint density at radius 2 is 2.29 bits per heavy atom. The first kappa shape index (κ1) is 11.7. The van der Waals surface area contributed by atoms with Crippen molar-refractivity contribution in [1.82, 2.24) is 4.98 Å². The molecule has 1 aliphatic heterocycles. The smallest absolute Gasteiger partial charge is 0.360 e. The zero-order valence-electron chi connectivity index (χ0n) is 9.94. The quantitative estimate of drug-likeness (QED) is 0.737. The van der Waals surface area contributed by atoms with Crippen molar-refractivity contribution in [2.24, 2.45) is 0 Å². The van der Waals surface area contributed by atoms with E-state index in [1.807, 2.05) is 0 Å². The van der Waals surface area contributed by atoms with Crippen LogP contribution in [0.3, 0.4) is 0 Å². The number of pyridine rings is 1. The number of nitrogens with zero attached hydrogens (tertiary/aromatic N) is 1. The molecule has 6 nitrogen and oxygen atoms in total. The lowest BCUT2D eigenvalue weighted by molar-refractivity contribution is -0.180. The highest BCUT2D eigenvalue weighted by atomic mass is 16.7. The number of hydrogen-bond acceptors (Lipinski definition) is 6. The third kappa shape index (κ3) is 2.03. The zero-order chi connectivity index (χ0) is 12.6. The van der Waals surface area contributed by atoms with E-state index in [4.69, 9.17) is 15.2 Å². The SMILES string of the molecule is COC(=O)c1ncc(N)c2c1OC(C)(C)OC2. The van der Waals surface area contributed by atoms with Crippen molar-refractivity contribution in [1.29, 1.82) is 0 Å². The number of hydrogen-bond donors (Lipinski definition) is 1. The Bertz CT molecular complexity index is 471. The normalized spacial score (nSPS) is 16.9. The Labute approximate surface area is 98.7 Å². The Kier molecular flexibility index (Phi) is 2.66. The van der Waals surface area contributed by atoms with Crippen LogP contribution in [0.2, 0.25) is 0 Å². The molecular weight excluding hydrogens is 224 g/mol. The fraction of sp³-hybridized carbons (Fsp3) is 0.455. The summed E-state index contributed by atoms with van der Waals surface area (Å²) in [7, 11) is 1.29. The molecule has 0 atom stereocenters. The summed E-state index contributed by atoms with van der Waals surface area (Å²) in [5.41, 5.74) is 6.94. The van der Waals surface area contributed by atoms with Crippen LogP contribution < -0.4 is 10.5 Å². The molecule has 6 heteroatoms. The highest BCUT2D eigenvalue weighted by molar-refractivity contribution is 5.91. The minimum absolute atomic E-state index is 0.119. The molecule has 2 N–H and O–H groups in total. The number of aromatic nitrogens is 1. The van der Waals surface area contributed by atoms with Gasteiger partial charge >= 0.3 is 5.97 Å². The molecule has 0 aliphatic carbocycles. The van der Waals surface area contributed by atoms with Crippen molar-refractivity contribution in [3.05, 3.63) is 17.5 Å². The van der Waals surface area contributed by atoms with E-state index in [9.17, 15) is 4.79 Å². The maximum absolute atomic E-state index is 11.6. The van der Waals surface area contributed by atoms with Crippen LogP contribution >= 0.6 is 0 Å². The summed E-state index contributed by atoms with van der Waals surface area (Å²) in [4.78, 5) is 15.5. The van der Waals surface area contributed by atoms with Gasteiger partial charge in [0, 0.05) is 19.4 Å². The van der Waals surface area contributed by atoms with Crippen LogP contribution in [0.1, 0.15) is 29.9 Å². The summed E-state index contributed by atoms with van der Waals surface area (Å²) >= 11 is 0. The molecule has 1 aromatic heterocycles. The van der Waals surface area contributed by atoms with E-state index in [1.54, 1.807) is 13.8 Å². The topological polar surface area (TPSA) is 83.7 Å². The van der Waals surface area contributed by atoms with Gasteiger partial charge in [0.05, 0.1) is 25.6 Å². The number of nitrogens with two attached hydrogens (primary N) is 1. The van der Waals surface area contributed by atoms with E-state index in [0.29, 0.717) is 17.0 Å². The Balaban J connectivity index is 2.54. The third-order valence-electron chi connectivity index (χ3n) is 2.46. The predicted molar refractivity (Wildman–Crippen MR) is 59.5 cm³/mol. The fourth-order valence-corrected chi connectivity index (χ4v) is 1.57. The average Bonchev–Trinajstić information content (AvgIpc) is 2.27. The highest BCUT2D eigenvalue weighted by Crippen LogP contribution is 2.36. The first-order valence-corrected chi connectivity index (χ1v) is 5.13. The number of methoxy groups -OCH3 is 1. The Morgan fingerprint density at radius 3 is 2.94 bits per heavy atom. The lowest BCUT2D eigenvalue weighted by Gasteiger charge is -2.33. The molecule has 0 unspecified atom stereocenters. The second-order valence-electron chi connectivity index (χ2n) is 4.15. The van der Waals surface area contributed by atoms with Crippen LogP contribution in [-0.2, 0) is 16.1 Å². The second-order valence-corrected chi connectivity index (χ2v) is 4.15. The van der Waals surface area contributed by atoms with Gasteiger partial charge in [-0.05, 0) is 0 Å². The van der Waals surface area contributed by atoms with Gasteiger partial charge < -0.3 is 19.9 Å². The van der Waals surface area contributed by atoms with Crippen molar-refractivity contribution in [2.75, 3.05) is 12.8 Å². The van der Waals surface area contributed by atoms with Crippen LogP contribution in [0, 0.1) is 0 Å². The van der Waals surface area contributed by atoms with Crippen LogP contribution in [0.5, 0.6) is 5.75 Å². The molecule has 0 fully saturated rings. The van der Waals surface area contributed by atoms with Crippen molar-refractivity contribution in [2.45, 2.75) is 26.2 Å². The second kappa shape index (κ2) is 3.89. The number of esters is 1. The van der Waals surface area contributed by atoms with Gasteiger partial charge in [-0.15, -0.1) is 0 Å². The van der Waals surface area contributed by atoms with E-state index < -0.39 is 11.8 Å². The monoisotopic (exact) mass is 238 g/mol. The maximum Gasteiger partial charge on any atom is 0.360 e. The van der Waals surface area contributed by atoms with Gasteiger partial charge in [-0.2, -0.15) is 0 Å². The molecule has 0 spiro atoms. The number of anilines is 1. The highest BCUT2D eigenvalue weighted by Gasteiger charge is 2.33. The van der Waals surface area contributed by atoms with Gasteiger partial charge in [-0.25, -0.2) is 9.78 Å². The summed E-state index contributed by atoms with van der Waals surface area (Å²) in [6, 6.07) is 0. The Hall–Kier alpha value is -1.82. The van der Waals surface area contributed by atoms with Crippen LogP contribution in [-0.4, -0.2) is 23.9 Å². The molecule has 0 bridgehead atoms. The predicted octanol–water partition coefficient (Wildman–Crippen LogP) is 1.10. The fourth-order valence-electron chi connectivity index (χ4n) is 1.57. The molecule has 92 valence electrons. The van der Waals surface area contributed by atoms with E-state index in [1.165, 1.54) is 13.3 Å². The van der Waals surface area contributed by atoms with Gasteiger partial charge in [0.15, 0.2) is 11.4 Å². The van der Waals surface area contributed by atoms with Crippen molar-refractivity contribution in [3.63, 3.8) is 0 Å². The van der Waals surface area contributed by atoms with E-state index in [0.717, 1.165) is 0 Å². The maximum atomic E-state index is 11.6. The number of rotatable bonds is 1. The number of carbonyl (C=O) groups excluding carboxylic acids is 1. The molecule has 2 heterocycles. The largest absolute Gasteiger partial charge is 0.464 e. The molecule has 0 saturated carbocycles. The standard InChI is InChI=1S/C11H14N2O4/c1-11(2)16-5-6-7(12)4-13-8(9(6)17-11)10(14)15-3/h4H,5,12H2,1-3H3. The summed E-state index contributed by atoms with van der Waals surface area (Å²) in [6.45, 7) is 3.78. The van der Waals surface area contributed by atoms with E-state index in [-0.39, 0.29) is 12.3 Å². The molecule has 17 heavy (non-hydrogen) atoms. The van der Waals surface area contributed by atoms with Gasteiger partial charge in [0.25, 0.3) is 0 Å². The minimum atomic E-state index is -0.814. The first-order chi connectivity index (χ1) is 7.94. The Morgan fingerprint density at radius 1 is 1.59 bits per heavy atom. The number of nitrogen functional groups attached to an aromatic ring is 1. The zero-order valence-corrected chi connectivity index (χ0v) is 9.94. The molecule has 1 aromatic rings. The number of carbonyl (C=O) groups is 1. The van der Waals surface area contributed by atoms with Gasteiger partial charge in [0.2, 0.25) is 5.79 Å². The molecule has 0 radical (unpaired) electrons. The third-order valence-corrected chi connectivity index (χ3v) is 2.46. The van der Waals surface area contributed by atoms with E-state index in [2.05, 4.69) is 9.72 Å². The van der Waals surface area contributed by atoms with Gasteiger partial charge in [-0.1, -0.05) is 0 Å². The van der Waals surface area contributed by atoms with Crippen LogP contribution in [0.15, 0.2) is 6.20 Å². The van der Waals surface area contributed by atoms with Gasteiger partial charge in [-0.3, -0.25) is 0 Å². The van der Waals surface area contributed by atoms with Crippen molar-refractivity contribution < 1.29 is 19.0 Å². The lowest BCUT2D eigenvalue weighted by atomic mass is 10.1. The average molecular weight is 238 g/mol. The van der Waals surface area contributed by atoms with Gasteiger partial charge in [0.1, 0.15) is 0 Å². The lowest BCUT2D eigenvalue weighted by Crippen LogP contribution is -2.36. The molecule has 2 rings (SSSR count). The van der Waals surface area contributed by atoms with Crippen molar-refractivity contribution >= 4 is 11.7 Å². The number of ether oxygens (including phenoxy) is 3. The van der Waals surface area contributed by atoms with Crippen molar-refractivity contribution in [3.8, 4) is 5.75 Å². The molecule has 1 aliphatic rings. The number of fused-ring (bicyclic) bond motifs is 1. The molecule has 0 amide bonds.